The average molecular weight is 372 g/mol. The van der Waals surface area contributed by atoms with E-state index in [-0.39, 0.29) is 5.91 Å². The first-order valence-corrected chi connectivity index (χ1v) is 10.0. The first-order valence-electron chi connectivity index (χ1n) is 9.05. The van der Waals surface area contributed by atoms with E-state index < -0.39 is 0 Å². The summed E-state index contributed by atoms with van der Waals surface area (Å²) >= 11 is 1.41. The minimum absolute atomic E-state index is 0.0624. The quantitative estimate of drug-likeness (QED) is 0.597. The maximum Gasteiger partial charge on any atom is 0.230 e. The van der Waals surface area contributed by atoms with Crippen LogP contribution in [0.2, 0.25) is 0 Å². The van der Waals surface area contributed by atoms with E-state index in [4.69, 9.17) is 0 Å². The number of hydrogen-bond acceptors (Lipinski definition) is 5. The second kappa shape index (κ2) is 8.98. The zero-order valence-corrected chi connectivity index (χ0v) is 15.9. The van der Waals surface area contributed by atoms with Gasteiger partial charge < -0.3 is 5.32 Å². The van der Waals surface area contributed by atoms with Crippen LogP contribution in [0.5, 0.6) is 0 Å². The minimum atomic E-state index is 0.0624. The Morgan fingerprint density at radius 2 is 2.12 bits per heavy atom. The number of nitrogens with one attached hydrogen (secondary N) is 1. The third-order valence-electron chi connectivity index (χ3n) is 4.76. The van der Waals surface area contributed by atoms with Crippen molar-refractivity contribution in [1.82, 2.24) is 25.1 Å². The van der Waals surface area contributed by atoms with Gasteiger partial charge in [0.1, 0.15) is 0 Å². The molecule has 1 N–H and O–H groups in total. The summed E-state index contributed by atoms with van der Waals surface area (Å²) < 4.78 is 1.98. The van der Waals surface area contributed by atoms with Crippen molar-refractivity contribution in [2.45, 2.75) is 50.4 Å². The Hall–Kier alpha value is -2.15. The molecule has 1 amide bonds. The number of pyridine rings is 1. The molecule has 6 nitrogen and oxygen atoms in total. The van der Waals surface area contributed by atoms with Crippen molar-refractivity contribution in [3.05, 3.63) is 37.2 Å². The summed E-state index contributed by atoms with van der Waals surface area (Å²) in [6.45, 7) is 6.63. The van der Waals surface area contributed by atoms with Gasteiger partial charge in [0.15, 0.2) is 11.0 Å². The third kappa shape index (κ3) is 4.52. The minimum Gasteiger partial charge on any atom is -0.352 e. The van der Waals surface area contributed by atoms with Crippen LogP contribution in [0.15, 0.2) is 42.3 Å². The van der Waals surface area contributed by atoms with Crippen LogP contribution in [0.25, 0.3) is 11.4 Å². The SMILES string of the molecule is C=CCn1c(SCC(=O)NC2CCCCC2C)nnc1-c1ccncc1. The highest BCUT2D eigenvalue weighted by Gasteiger charge is 2.23. The molecule has 0 radical (unpaired) electrons. The van der Waals surface area contributed by atoms with E-state index in [9.17, 15) is 4.79 Å². The standard InChI is InChI=1S/C19H25N5OS/c1-3-12-24-18(15-8-10-20-11-9-15)22-23-19(24)26-13-17(25)21-16-7-5-4-6-14(16)2/h3,8-11,14,16H,1,4-7,12-13H2,2H3,(H,21,25). The molecular formula is C19H25N5OS. The monoisotopic (exact) mass is 371 g/mol. The van der Waals surface area contributed by atoms with Crippen LogP contribution in [-0.2, 0) is 11.3 Å². The molecule has 0 spiro atoms. The van der Waals surface area contributed by atoms with E-state index in [1.54, 1.807) is 12.4 Å². The molecule has 0 aliphatic heterocycles. The number of thioether (sulfide) groups is 1. The van der Waals surface area contributed by atoms with Gasteiger partial charge in [-0.1, -0.05) is 37.6 Å². The molecule has 3 rings (SSSR count). The topological polar surface area (TPSA) is 72.7 Å². The number of hydrogen-bond donors (Lipinski definition) is 1. The zero-order valence-electron chi connectivity index (χ0n) is 15.1. The van der Waals surface area contributed by atoms with Crippen LogP contribution in [0.3, 0.4) is 0 Å². The van der Waals surface area contributed by atoms with E-state index in [0.717, 1.165) is 23.0 Å². The predicted molar refractivity (Wildman–Crippen MR) is 104 cm³/mol. The molecule has 1 saturated carbocycles. The molecule has 2 atom stereocenters. The van der Waals surface area contributed by atoms with Crippen molar-refractivity contribution in [3.63, 3.8) is 0 Å². The van der Waals surface area contributed by atoms with Crippen LogP contribution in [0.4, 0.5) is 0 Å². The average Bonchev–Trinajstić information content (AvgIpc) is 3.06. The summed E-state index contributed by atoms with van der Waals surface area (Å²) in [5.74, 6) is 1.72. The van der Waals surface area contributed by atoms with E-state index >= 15 is 0 Å². The van der Waals surface area contributed by atoms with Gasteiger partial charge in [-0.05, 0) is 30.9 Å². The molecule has 7 heteroatoms. The Morgan fingerprint density at radius 3 is 2.85 bits per heavy atom. The summed E-state index contributed by atoms with van der Waals surface area (Å²) in [5.41, 5.74) is 0.946. The maximum atomic E-state index is 12.4. The van der Waals surface area contributed by atoms with Crippen molar-refractivity contribution in [1.29, 1.82) is 0 Å². The molecule has 2 heterocycles. The van der Waals surface area contributed by atoms with Gasteiger partial charge in [0.2, 0.25) is 5.91 Å². The summed E-state index contributed by atoms with van der Waals surface area (Å²) in [5, 5.41) is 12.5. The molecule has 0 aromatic carbocycles. The highest BCUT2D eigenvalue weighted by molar-refractivity contribution is 7.99. The van der Waals surface area contributed by atoms with E-state index in [2.05, 4.69) is 34.0 Å². The van der Waals surface area contributed by atoms with Gasteiger partial charge in [-0.3, -0.25) is 14.3 Å². The number of rotatable bonds is 7. The fourth-order valence-electron chi connectivity index (χ4n) is 3.31. The van der Waals surface area contributed by atoms with Crippen LogP contribution in [0, 0.1) is 5.92 Å². The van der Waals surface area contributed by atoms with Gasteiger partial charge >= 0.3 is 0 Å². The second-order valence-corrected chi connectivity index (χ2v) is 7.61. The smallest absolute Gasteiger partial charge is 0.230 e. The molecule has 2 aromatic rings. The third-order valence-corrected chi connectivity index (χ3v) is 5.72. The van der Waals surface area contributed by atoms with Gasteiger partial charge in [-0.15, -0.1) is 16.8 Å². The van der Waals surface area contributed by atoms with Crippen molar-refractivity contribution in [3.8, 4) is 11.4 Å². The van der Waals surface area contributed by atoms with E-state index in [1.807, 2.05) is 22.8 Å². The molecule has 2 aromatic heterocycles. The number of amides is 1. The molecule has 138 valence electrons. The van der Waals surface area contributed by atoms with Gasteiger partial charge in [-0.2, -0.15) is 0 Å². The lowest BCUT2D eigenvalue weighted by molar-refractivity contribution is -0.119. The first kappa shape index (κ1) is 18.6. The molecule has 2 unspecified atom stereocenters. The molecular weight excluding hydrogens is 346 g/mol. The molecule has 0 bridgehead atoms. The highest BCUT2D eigenvalue weighted by Crippen LogP contribution is 2.25. The lowest BCUT2D eigenvalue weighted by atomic mass is 9.86. The predicted octanol–water partition coefficient (Wildman–Crippen LogP) is 3.31. The van der Waals surface area contributed by atoms with Gasteiger partial charge in [0.05, 0.1) is 5.75 Å². The lowest BCUT2D eigenvalue weighted by Gasteiger charge is -2.29. The Bertz CT molecular complexity index is 746. The van der Waals surface area contributed by atoms with Crippen LogP contribution >= 0.6 is 11.8 Å². The molecule has 0 saturated heterocycles. The number of nitrogens with zero attached hydrogens (tertiary/aromatic N) is 4. The first-order chi connectivity index (χ1) is 12.7. The van der Waals surface area contributed by atoms with Crippen LogP contribution in [-0.4, -0.2) is 37.5 Å². The molecule has 1 fully saturated rings. The van der Waals surface area contributed by atoms with Gasteiger partial charge in [0, 0.05) is 30.5 Å². The molecule has 1 aliphatic carbocycles. The summed E-state index contributed by atoms with van der Waals surface area (Å²) in [6.07, 6.45) is 10.0. The summed E-state index contributed by atoms with van der Waals surface area (Å²) in [6, 6.07) is 4.10. The Morgan fingerprint density at radius 1 is 1.35 bits per heavy atom. The van der Waals surface area contributed by atoms with E-state index in [0.29, 0.717) is 24.3 Å². The Labute approximate surface area is 158 Å². The zero-order chi connectivity index (χ0) is 18.4. The normalized spacial score (nSPS) is 19.9. The number of carbonyl (C=O) groups excluding carboxylic acids is 1. The maximum absolute atomic E-state index is 12.4. The molecule has 1 aliphatic rings. The fraction of sp³-hybridized carbons (Fsp3) is 0.474. The molecule has 26 heavy (non-hydrogen) atoms. The van der Waals surface area contributed by atoms with Crippen molar-refractivity contribution >= 4 is 17.7 Å². The second-order valence-electron chi connectivity index (χ2n) is 6.67. The van der Waals surface area contributed by atoms with Crippen LogP contribution in [0.1, 0.15) is 32.6 Å². The van der Waals surface area contributed by atoms with Crippen molar-refractivity contribution in [2.75, 3.05) is 5.75 Å². The van der Waals surface area contributed by atoms with Gasteiger partial charge in [-0.25, -0.2) is 0 Å². The Balaban J connectivity index is 1.65. The van der Waals surface area contributed by atoms with Crippen molar-refractivity contribution in [2.24, 2.45) is 5.92 Å². The van der Waals surface area contributed by atoms with Crippen molar-refractivity contribution < 1.29 is 4.79 Å². The summed E-state index contributed by atoms with van der Waals surface area (Å²) in [7, 11) is 0. The highest BCUT2D eigenvalue weighted by atomic mass is 32.2. The number of allylic oxidation sites excluding steroid dienone is 1. The van der Waals surface area contributed by atoms with E-state index in [1.165, 1.54) is 31.0 Å². The Kier molecular flexibility index (Phi) is 6.44. The van der Waals surface area contributed by atoms with Gasteiger partial charge in [0.25, 0.3) is 0 Å². The summed E-state index contributed by atoms with van der Waals surface area (Å²) in [4.78, 5) is 16.4. The largest absolute Gasteiger partial charge is 0.352 e. The lowest BCUT2D eigenvalue weighted by Crippen LogP contribution is -2.41. The number of carbonyl (C=O) groups is 1. The fourth-order valence-corrected chi connectivity index (χ4v) is 4.07. The number of aromatic nitrogens is 4. The van der Waals surface area contributed by atoms with Crippen LogP contribution < -0.4 is 5.32 Å².